The summed E-state index contributed by atoms with van der Waals surface area (Å²) in [6.07, 6.45) is 10.4. The van der Waals surface area contributed by atoms with Crippen LogP contribution in [0.2, 0.25) is 0 Å². The summed E-state index contributed by atoms with van der Waals surface area (Å²) in [5, 5.41) is 0. The van der Waals surface area contributed by atoms with Crippen LogP contribution in [0.25, 0.3) is 0 Å². The molecule has 2 saturated carbocycles. The van der Waals surface area contributed by atoms with Crippen LogP contribution in [0.1, 0.15) is 67.9 Å². The van der Waals surface area contributed by atoms with Gasteiger partial charge in [0.25, 0.3) is 0 Å². The van der Waals surface area contributed by atoms with E-state index in [1.54, 1.807) is 11.1 Å². The van der Waals surface area contributed by atoms with Crippen molar-refractivity contribution in [3.63, 3.8) is 0 Å². The van der Waals surface area contributed by atoms with Gasteiger partial charge in [-0.15, -0.1) is 0 Å². The van der Waals surface area contributed by atoms with E-state index in [0.717, 1.165) is 23.7 Å². The quantitative estimate of drug-likeness (QED) is 0.592. The first-order chi connectivity index (χ1) is 8.45. The van der Waals surface area contributed by atoms with Gasteiger partial charge >= 0.3 is 0 Å². The van der Waals surface area contributed by atoms with Crippen molar-refractivity contribution >= 4 is 0 Å². The normalized spacial score (nSPS) is 39.3. The van der Waals surface area contributed by atoms with Crippen LogP contribution in [0.5, 0.6) is 0 Å². The lowest BCUT2D eigenvalue weighted by atomic mass is 9.60. The van der Waals surface area contributed by atoms with Gasteiger partial charge in [-0.3, -0.25) is 0 Å². The summed E-state index contributed by atoms with van der Waals surface area (Å²) in [5.74, 6) is 3.91. The molecule has 2 fully saturated rings. The van der Waals surface area contributed by atoms with Gasteiger partial charge in [-0.05, 0) is 60.5 Å². The summed E-state index contributed by atoms with van der Waals surface area (Å²) < 4.78 is 0. The van der Waals surface area contributed by atoms with Gasteiger partial charge in [0, 0.05) is 0 Å². The summed E-state index contributed by atoms with van der Waals surface area (Å²) in [4.78, 5) is 0. The van der Waals surface area contributed by atoms with E-state index in [0.29, 0.717) is 0 Å². The van der Waals surface area contributed by atoms with E-state index in [1.807, 2.05) is 0 Å². The van der Waals surface area contributed by atoms with Crippen LogP contribution in [0.15, 0.2) is 24.3 Å². The third-order valence-electron chi connectivity index (χ3n) is 5.73. The van der Waals surface area contributed by atoms with E-state index in [1.165, 1.54) is 44.9 Å². The highest BCUT2D eigenvalue weighted by molar-refractivity contribution is 5.38. The highest BCUT2D eigenvalue weighted by Crippen LogP contribution is 2.57. The molecule has 4 rings (SSSR count). The second kappa shape index (κ2) is 3.86. The van der Waals surface area contributed by atoms with Gasteiger partial charge in [-0.25, -0.2) is 0 Å². The molecular weight excluding hydrogens is 204 g/mol. The van der Waals surface area contributed by atoms with Crippen molar-refractivity contribution in [3.05, 3.63) is 35.4 Å². The average molecular weight is 226 g/mol. The zero-order valence-electron chi connectivity index (χ0n) is 10.6. The monoisotopic (exact) mass is 226 g/mol. The molecule has 1 aromatic rings. The van der Waals surface area contributed by atoms with E-state index in [4.69, 9.17) is 0 Å². The molecule has 0 heteroatoms. The third-order valence-corrected chi connectivity index (χ3v) is 5.73. The smallest absolute Gasteiger partial charge is 0.0128 e. The van der Waals surface area contributed by atoms with Crippen molar-refractivity contribution in [1.29, 1.82) is 0 Å². The maximum atomic E-state index is 2.44. The largest absolute Gasteiger partial charge is 0.0620 e. The van der Waals surface area contributed by atoms with E-state index in [2.05, 4.69) is 24.3 Å². The first-order valence-electron chi connectivity index (χ1n) is 7.54. The molecule has 0 saturated heterocycles. The summed E-state index contributed by atoms with van der Waals surface area (Å²) >= 11 is 0. The molecule has 1 aromatic carbocycles. The fourth-order valence-corrected chi connectivity index (χ4v) is 5.13. The van der Waals surface area contributed by atoms with Gasteiger partial charge in [0.2, 0.25) is 0 Å². The van der Waals surface area contributed by atoms with Crippen LogP contribution in [-0.2, 0) is 0 Å². The molecule has 90 valence electrons. The Morgan fingerprint density at radius 1 is 0.647 bits per heavy atom. The van der Waals surface area contributed by atoms with Crippen molar-refractivity contribution in [1.82, 2.24) is 0 Å². The Morgan fingerprint density at radius 2 is 1.18 bits per heavy atom. The molecule has 17 heavy (non-hydrogen) atoms. The fraction of sp³-hybridized carbons (Fsp3) is 0.647. The lowest BCUT2D eigenvalue weighted by Crippen LogP contribution is -2.32. The third kappa shape index (κ3) is 1.42. The molecule has 0 nitrogen and oxygen atoms in total. The minimum absolute atomic E-state index is 0.916. The summed E-state index contributed by atoms with van der Waals surface area (Å²) in [7, 11) is 0. The zero-order valence-corrected chi connectivity index (χ0v) is 10.6. The van der Waals surface area contributed by atoms with Crippen molar-refractivity contribution in [2.24, 2.45) is 11.8 Å². The standard InChI is InChI=1S/C17H22/c1-3-8-14-12(6-1)13-7-2-4-9-15(13)17-11-5-10-16(14)17/h1,3,6,8,13,15-17H,2,4-5,7,9-11H2. The molecule has 0 heterocycles. The van der Waals surface area contributed by atoms with Crippen LogP contribution in [0, 0.1) is 11.8 Å². The van der Waals surface area contributed by atoms with Crippen LogP contribution in [0.3, 0.4) is 0 Å². The van der Waals surface area contributed by atoms with E-state index >= 15 is 0 Å². The maximum Gasteiger partial charge on any atom is -0.0128 e. The molecule has 3 aliphatic carbocycles. The zero-order chi connectivity index (χ0) is 11.2. The highest BCUT2D eigenvalue weighted by Gasteiger charge is 2.44. The van der Waals surface area contributed by atoms with Crippen molar-refractivity contribution in [2.45, 2.75) is 56.8 Å². The van der Waals surface area contributed by atoms with Crippen molar-refractivity contribution < 1.29 is 0 Å². The van der Waals surface area contributed by atoms with Crippen LogP contribution in [-0.4, -0.2) is 0 Å². The van der Waals surface area contributed by atoms with Gasteiger partial charge in [0.05, 0.1) is 0 Å². The van der Waals surface area contributed by atoms with Crippen LogP contribution >= 0.6 is 0 Å². The summed E-state index contributed by atoms with van der Waals surface area (Å²) in [6, 6.07) is 9.40. The van der Waals surface area contributed by atoms with Crippen LogP contribution < -0.4 is 0 Å². The number of hydrogen-bond donors (Lipinski definition) is 0. The minimum atomic E-state index is 0.916. The minimum Gasteiger partial charge on any atom is -0.0620 e. The predicted octanol–water partition coefficient (Wildman–Crippen LogP) is 4.86. The second-order valence-electron chi connectivity index (χ2n) is 6.38. The number of benzene rings is 1. The SMILES string of the molecule is c1ccc2c(c1)C1CCCCC1C1CCCC21. The number of rotatable bonds is 0. The topological polar surface area (TPSA) is 0 Å². The van der Waals surface area contributed by atoms with Gasteiger partial charge in [-0.2, -0.15) is 0 Å². The Labute approximate surface area is 104 Å². The maximum absolute atomic E-state index is 2.44. The number of hydrogen-bond acceptors (Lipinski definition) is 0. The molecule has 0 radical (unpaired) electrons. The molecule has 0 amide bonds. The molecule has 0 bridgehead atoms. The lowest BCUT2D eigenvalue weighted by Gasteiger charge is -2.44. The molecular formula is C17H22. The van der Waals surface area contributed by atoms with Gasteiger partial charge in [-0.1, -0.05) is 43.5 Å². The molecule has 0 N–H and O–H groups in total. The second-order valence-corrected chi connectivity index (χ2v) is 6.38. The van der Waals surface area contributed by atoms with Crippen molar-refractivity contribution in [3.8, 4) is 0 Å². The van der Waals surface area contributed by atoms with E-state index in [9.17, 15) is 0 Å². The fourth-order valence-electron chi connectivity index (χ4n) is 5.13. The van der Waals surface area contributed by atoms with Gasteiger partial charge < -0.3 is 0 Å². The van der Waals surface area contributed by atoms with E-state index < -0.39 is 0 Å². The first-order valence-corrected chi connectivity index (χ1v) is 7.54. The molecule has 0 aliphatic heterocycles. The Kier molecular flexibility index (Phi) is 2.31. The van der Waals surface area contributed by atoms with Gasteiger partial charge in [0.15, 0.2) is 0 Å². The van der Waals surface area contributed by atoms with Crippen molar-refractivity contribution in [2.75, 3.05) is 0 Å². The molecule has 0 aromatic heterocycles. The Morgan fingerprint density at radius 3 is 1.88 bits per heavy atom. The summed E-state index contributed by atoms with van der Waals surface area (Å²) in [5.41, 5.74) is 3.47. The highest BCUT2D eigenvalue weighted by atomic mass is 14.5. The lowest BCUT2D eigenvalue weighted by molar-refractivity contribution is 0.182. The van der Waals surface area contributed by atoms with Crippen LogP contribution in [0.4, 0.5) is 0 Å². The molecule has 4 atom stereocenters. The first kappa shape index (κ1) is 10.2. The summed E-state index contributed by atoms with van der Waals surface area (Å²) in [6.45, 7) is 0. The molecule has 0 spiro atoms. The average Bonchev–Trinajstić information content (AvgIpc) is 2.89. The Balaban J connectivity index is 1.84. The predicted molar refractivity (Wildman–Crippen MR) is 71.2 cm³/mol. The van der Waals surface area contributed by atoms with Gasteiger partial charge in [0.1, 0.15) is 0 Å². The molecule has 3 aliphatic rings. The Bertz CT molecular complexity index is 420. The Hall–Kier alpha value is -0.780. The number of fused-ring (bicyclic) bond motifs is 6. The van der Waals surface area contributed by atoms with E-state index in [-0.39, 0.29) is 0 Å². The molecule has 4 unspecified atom stereocenters.